The van der Waals surface area contributed by atoms with Gasteiger partial charge in [-0.25, -0.2) is 9.97 Å². The third kappa shape index (κ3) is 3.22. The van der Waals surface area contributed by atoms with E-state index in [1.54, 1.807) is 6.07 Å². The first-order valence-electron chi connectivity index (χ1n) is 6.97. The molecule has 0 spiro atoms. The fourth-order valence-electron chi connectivity index (χ4n) is 2.06. The number of aryl methyl sites for hydroxylation is 3. The third-order valence-electron chi connectivity index (χ3n) is 3.21. The van der Waals surface area contributed by atoms with Crippen LogP contribution in [0.4, 0.5) is 23.1 Å². The summed E-state index contributed by atoms with van der Waals surface area (Å²) < 4.78 is 5.02. The fraction of sp³-hybridized carbons (Fsp3) is 0.188. The molecule has 2 aromatic heterocycles. The van der Waals surface area contributed by atoms with E-state index in [1.807, 2.05) is 13.0 Å². The Morgan fingerprint density at radius 1 is 0.864 bits per heavy atom. The van der Waals surface area contributed by atoms with E-state index < -0.39 is 0 Å². The highest BCUT2D eigenvalue weighted by molar-refractivity contribution is 5.64. The lowest BCUT2D eigenvalue weighted by Gasteiger charge is -2.10. The molecular weight excluding hydrogens is 278 g/mol. The third-order valence-corrected chi connectivity index (χ3v) is 3.21. The van der Waals surface area contributed by atoms with Crippen molar-refractivity contribution in [3.63, 3.8) is 0 Å². The summed E-state index contributed by atoms with van der Waals surface area (Å²) in [5.41, 5.74) is 3.38. The number of hydrogen-bond donors (Lipinski definition) is 2. The van der Waals surface area contributed by atoms with Gasteiger partial charge in [0.25, 0.3) is 0 Å². The van der Waals surface area contributed by atoms with Gasteiger partial charge in [-0.15, -0.1) is 0 Å². The van der Waals surface area contributed by atoms with Crippen LogP contribution in [-0.2, 0) is 0 Å². The molecule has 6 heteroatoms. The Labute approximate surface area is 128 Å². The number of hydrogen-bond acceptors (Lipinski definition) is 6. The van der Waals surface area contributed by atoms with Gasteiger partial charge >= 0.3 is 0 Å². The number of nitrogens with one attached hydrogen (secondary N) is 2. The first-order chi connectivity index (χ1) is 10.6. The number of aromatic nitrogens is 3. The largest absolute Gasteiger partial charge is 0.360 e. The Hall–Kier alpha value is -2.89. The van der Waals surface area contributed by atoms with Crippen molar-refractivity contribution in [2.45, 2.75) is 20.8 Å². The van der Waals surface area contributed by atoms with E-state index >= 15 is 0 Å². The van der Waals surface area contributed by atoms with E-state index in [-0.39, 0.29) is 0 Å². The molecule has 3 rings (SSSR count). The maximum Gasteiger partial charge on any atom is 0.175 e. The van der Waals surface area contributed by atoms with Crippen molar-refractivity contribution in [2.75, 3.05) is 10.6 Å². The molecule has 112 valence electrons. The molecule has 0 atom stereocenters. The zero-order chi connectivity index (χ0) is 15.5. The van der Waals surface area contributed by atoms with Gasteiger partial charge in [-0.1, -0.05) is 17.3 Å². The lowest BCUT2D eigenvalue weighted by atomic mass is 10.1. The second kappa shape index (κ2) is 5.85. The maximum atomic E-state index is 5.02. The van der Waals surface area contributed by atoms with Gasteiger partial charge in [0.05, 0.1) is 0 Å². The molecule has 1 aromatic carbocycles. The van der Waals surface area contributed by atoms with Crippen molar-refractivity contribution < 1.29 is 4.52 Å². The van der Waals surface area contributed by atoms with Crippen molar-refractivity contribution in [3.8, 4) is 0 Å². The fourth-order valence-corrected chi connectivity index (χ4v) is 2.06. The highest BCUT2D eigenvalue weighted by atomic mass is 16.5. The number of nitrogens with zero attached hydrogens (tertiary/aromatic N) is 3. The molecule has 0 aliphatic heterocycles. The number of rotatable bonds is 4. The topological polar surface area (TPSA) is 75.9 Å². The molecule has 6 nitrogen and oxygen atoms in total. The highest BCUT2D eigenvalue weighted by Gasteiger charge is 2.05. The predicted molar refractivity (Wildman–Crippen MR) is 85.8 cm³/mol. The van der Waals surface area contributed by atoms with Gasteiger partial charge in [-0.05, 0) is 38.0 Å². The average molecular weight is 295 g/mol. The zero-order valence-electron chi connectivity index (χ0n) is 12.7. The van der Waals surface area contributed by atoms with Crippen molar-refractivity contribution in [1.29, 1.82) is 0 Å². The zero-order valence-corrected chi connectivity index (χ0v) is 12.7. The Bertz CT molecular complexity index is 797. The molecule has 0 radical (unpaired) electrons. The van der Waals surface area contributed by atoms with Gasteiger partial charge in [0.2, 0.25) is 0 Å². The Balaban J connectivity index is 1.80. The average Bonchev–Trinajstić information content (AvgIpc) is 2.88. The van der Waals surface area contributed by atoms with E-state index in [9.17, 15) is 0 Å². The lowest BCUT2D eigenvalue weighted by Crippen LogP contribution is -1.99. The molecule has 0 bridgehead atoms. The summed E-state index contributed by atoms with van der Waals surface area (Å²) in [6.07, 6.45) is 1.50. The van der Waals surface area contributed by atoms with Crippen molar-refractivity contribution >= 4 is 23.1 Å². The van der Waals surface area contributed by atoms with Crippen LogP contribution >= 0.6 is 0 Å². The summed E-state index contributed by atoms with van der Waals surface area (Å²) in [6.45, 7) is 5.95. The molecule has 2 heterocycles. The predicted octanol–water partition coefficient (Wildman–Crippen LogP) is 3.88. The minimum absolute atomic E-state index is 0.619. The van der Waals surface area contributed by atoms with E-state index in [2.05, 4.69) is 57.8 Å². The van der Waals surface area contributed by atoms with Crippen molar-refractivity contribution in [2.24, 2.45) is 0 Å². The Kier molecular flexibility index (Phi) is 3.74. The Morgan fingerprint density at radius 3 is 2.36 bits per heavy atom. The summed E-state index contributed by atoms with van der Waals surface area (Å²) >= 11 is 0. The maximum absolute atomic E-state index is 5.02. The van der Waals surface area contributed by atoms with Crippen molar-refractivity contribution in [1.82, 2.24) is 15.1 Å². The Morgan fingerprint density at radius 2 is 1.64 bits per heavy atom. The summed E-state index contributed by atoms with van der Waals surface area (Å²) in [5, 5.41) is 10.3. The van der Waals surface area contributed by atoms with Crippen LogP contribution in [0, 0.1) is 20.8 Å². The summed E-state index contributed by atoms with van der Waals surface area (Å²) in [4.78, 5) is 8.43. The molecule has 0 aliphatic carbocycles. The number of benzene rings is 1. The van der Waals surface area contributed by atoms with Gasteiger partial charge < -0.3 is 15.2 Å². The van der Waals surface area contributed by atoms with E-state index in [4.69, 9.17) is 4.52 Å². The standard InChI is InChI=1S/C16H17N5O/c1-10-4-5-11(2)13(6-10)19-14-8-15(18-9-17-14)20-16-7-12(3)22-21-16/h4-9H,1-3H3,(H2,17,18,19,20,21). The minimum atomic E-state index is 0.619. The van der Waals surface area contributed by atoms with Crippen LogP contribution < -0.4 is 10.6 Å². The van der Waals surface area contributed by atoms with Gasteiger partial charge in [0.1, 0.15) is 23.7 Å². The van der Waals surface area contributed by atoms with E-state index in [0.29, 0.717) is 17.5 Å². The molecule has 3 aromatic rings. The quantitative estimate of drug-likeness (QED) is 0.760. The molecular formula is C16H17N5O. The first-order valence-corrected chi connectivity index (χ1v) is 6.97. The monoisotopic (exact) mass is 295 g/mol. The van der Waals surface area contributed by atoms with E-state index in [1.165, 1.54) is 11.9 Å². The smallest absolute Gasteiger partial charge is 0.175 e. The second-order valence-electron chi connectivity index (χ2n) is 5.18. The molecule has 0 amide bonds. The second-order valence-corrected chi connectivity index (χ2v) is 5.18. The molecule has 2 N–H and O–H groups in total. The summed E-state index contributed by atoms with van der Waals surface area (Å²) in [7, 11) is 0. The van der Waals surface area contributed by atoms with E-state index in [0.717, 1.165) is 17.0 Å². The van der Waals surface area contributed by atoms with Gasteiger partial charge in [-0.2, -0.15) is 0 Å². The van der Waals surface area contributed by atoms with Gasteiger partial charge in [0.15, 0.2) is 5.82 Å². The van der Waals surface area contributed by atoms with Crippen LogP contribution in [0.25, 0.3) is 0 Å². The number of anilines is 4. The van der Waals surface area contributed by atoms with Crippen LogP contribution in [0.1, 0.15) is 16.9 Å². The van der Waals surface area contributed by atoms with Crippen LogP contribution in [0.2, 0.25) is 0 Å². The van der Waals surface area contributed by atoms with Crippen molar-refractivity contribution in [3.05, 3.63) is 53.5 Å². The van der Waals surface area contributed by atoms with Crippen LogP contribution in [0.5, 0.6) is 0 Å². The van der Waals surface area contributed by atoms with Crippen LogP contribution in [0.15, 0.2) is 41.2 Å². The molecule has 0 fully saturated rings. The normalized spacial score (nSPS) is 10.5. The molecule has 0 saturated heterocycles. The van der Waals surface area contributed by atoms with Gasteiger partial charge in [0, 0.05) is 17.8 Å². The minimum Gasteiger partial charge on any atom is -0.360 e. The SMILES string of the molecule is Cc1ccc(C)c(Nc2cc(Nc3cc(C)on3)ncn2)c1. The summed E-state index contributed by atoms with van der Waals surface area (Å²) in [6, 6.07) is 9.88. The lowest BCUT2D eigenvalue weighted by molar-refractivity contribution is 0.400. The van der Waals surface area contributed by atoms with Gasteiger partial charge in [-0.3, -0.25) is 0 Å². The molecule has 0 aliphatic rings. The highest BCUT2D eigenvalue weighted by Crippen LogP contribution is 2.22. The van der Waals surface area contributed by atoms with Crippen LogP contribution in [0.3, 0.4) is 0 Å². The molecule has 0 saturated carbocycles. The summed E-state index contributed by atoms with van der Waals surface area (Å²) in [5.74, 6) is 2.72. The van der Waals surface area contributed by atoms with Crippen LogP contribution in [-0.4, -0.2) is 15.1 Å². The first kappa shape index (κ1) is 14.1. The molecule has 0 unspecified atom stereocenters. The molecule has 22 heavy (non-hydrogen) atoms.